The predicted octanol–water partition coefficient (Wildman–Crippen LogP) is 3.37. The smallest absolute Gasteiger partial charge is 0.338 e. The van der Waals surface area contributed by atoms with Crippen molar-refractivity contribution in [1.82, 2.24) is 5.16 Å². The molecule has 0 aliphatic heterocycles. The predicted molar refractivity (Wildman–Crippen MR) is 110 cm³/mol. The summed E-state index contributed by atoms with van der Waals surface area (Å²) in [6, 6.07) is 13.2. The number of hydrogen-bond acceptors (Lipinski definition) is 8. The first-order valence-corrected chi connectivity index (χ1v) is 9.33. The second-order valence-corrected chi connectivity index (χ2v) is 6.41. The van der Waals surface area contributed by atoms with E-state index in [1.54, 1.807) is 37.3 Å². The number of nitrogens with one attached hydrogen (secondary N) is 1. The van der Waals surface area contributed by atoms with Gasteiger partial charge < -0.3 is 28.8 Å². The number of ether oxygens (including phenoxy) is 4. The minimum Gasteiger partial charge on any atom is -0.495 e. The lowest BCUT2D eigenvalue weighted by Gasteiger charge is -2.13. The van der Waals surface area contributed by atoms with E-state index in [0.717, 1.165) is 0 Å². The standard InChI is InChI=1S/C22H22N2O7/c1-14-10-16(31-24-14)12-30-22(26)15-8-9-19(20(11-15)28-3)29-13-21(25)23-17-6-4-5-7-18(17)27-2/h4-11H,12-13H2,1-3H3,(H,23,25). The number of anilines is 1. The van der Waals surface area contributed by atoms with E-state index in [-0.39, 0.29) is 30.4 Å². The van der Waals surface area contributed by atoms with Crippen molar-refractivity contribution in [3.05, 3.63) is 65.5 Å². The first-order valence-electron chi connectivity index (χ1n) is 9.33. The van der Waals surface area contributed by atoms with Crippen molar-refractivity contribution in [3.8, 4) is 17.2 Å². The second kappa shape index (κ2) is 10.1. The van der Waals surface area contributed by atoms with Gasteiger partial charge in [-0.25, -0.2) is 4.79 Å². The summed E-state index contributed by atoms with van der Waals surface area (Å²) in [4.78, 5) is 24.5. The summed E-state index contributed by atoms with van der Waals surface area (Å²) in [5, 5.41) is 6.45. The number of carbonyl (C=O) groups excluding carboxylic acids is 2. The Bertz CT molecular complexity index is 1060. The molecule has 0 saturated heterocycles. The van der Waals surface area contributed by atoms with Gasteiger partial charge in [0.1, 0.15) is 5.75 Å². The highest BCUT2D eigenvalue weighted by atomic mass is 16.6. The van der Waals surface area contributed by atoms with Crippen LogP contribution in [0.25, 0.3) is 0 Å². The Morgan fingerprint density at radius 2 is 1.77 bits per heavy atom. The summed E-state index contributed by atoms with van der Waals surface area (Å²) in [6.07, 6.45) is 0. The Labute approximate surface area is 178 Å². The van der Waals surface area contributed by atoms with Gasteiger partial charge in [0.05, 0.1) is 31.2 Å². The molecule has 1 amide bonds. The molecule has 1 heterocycles. The zero-order valence-electron chi connectivity index (χ0n) is 17.3. The van der Waals surface area contributed by atoms with Crippen LogP contribution in [0.3, 0.4) is 0 Å². The molecule has 1 N–H and O–H groups in total. The van der Waals surface area contributed by atoms with E-state index in [0.29, 0.717) is 28.6 Å². The Hall–Kier alpha value is -4.01. The molecule has 0 saturated carbocycles. The zero-order valence-corrected chi connectivity index (χ0v) is 17.3. The minimum atomic E-state index is -0.562. The molecule has 3 rings (SSSR count). The molecule has 31 heavy (non-hydrogen) atoms. The number of esters is 1. The van der Waals surface area contributed by atoms with Crippen LogP contribution in [0, 0.1) is 6.92 Å². The fraction of sp³-hybridized carbons (Fsp3) is 0.227. The maximum Gasteiger partial charge on any atom is 0.338 e. The molecule has 1 aromatic heterocycles. The van der Waals surface area contributed by atoms with Crippen molar-refractivity contribution in [2.45, 2.75) is 13.5 Å². The highest BCUT2D eigenvalue weighted by Crippen LogP contribution is 2.29. The minimum absolute atomic E-state index is 0.0383. The normalized spacial score (nSPS) is 10.3. The number of amides is 1. The van der Waals surface area contributed by atoms with E-state index in [4.69, 9.17) is 23.5 Å². The van der Waals surface area contributed by atoms with Crippen molar-refractivity contribution in [2.75, 3.05) is 26.1 Å². The lowest BCUT2D eigenvalue weighted by molar-refractivity contribution is -0.118. The number of para-hydroxylation sites is 2. The Morgan fingerprint density at radius 1 is 1.00 bits per heavy atom. The van der Waals surface area contributed by atoms with Crippen LogP contribution in [0.15, 0.2) is 53.1 Å². The van der Waals surface area contributed by atoms with Crippen molar-refractivity contribution in [1.29, 1.82) is 0 Å². The largest absolute Gasteiger partial charge is 0.495 e. The highest BCUT2D eigenvalue weighted by Gasteiger charge is 2.15. The Balaban J connectivity index is 1.59. The molecule has 0 aliphatic rings. The monoisotopic (exact) mass is 426 g/mol. The molecule has 0 spiro atoms. The number of hydrogen-bond donors (Lipinski definition) is 1. The first kappa shape index (κ1) is 21.7. The van der Waals surface area contributed by atoms with Gasteiger partial charge in [0.15, 0.2) is 30.5 Å². The average molecular weight is 426 g/mol. The van der Waals surface area contributed by atoms with Crippen LogP contribution >= 0.6 is 0 Å². The molecule has 0 fully saturated rings. The van der Waals surface area contributed by atoms with Gasteiger partial charge in [0, 0.05) is 6.07 Å². The van der Waals surface area contributed by atoms with Crippen LogP contribution in [0.1, 0.15) is 21.8 Å². The zero-order chi connectivity index (χ0) is 22.2. The van der Waals surface area contributed by atoms with Gasteiger partial charge in [-0.2, -0.15) is 0 Å². The Morgan fingerprint density at radius 3 is 2.48 bits per heavy atom. The van der Waals surface area contributed by atoms with Crippen molar-refractivity contribution >= 4 is 17.6 Å². The van der Waals surface area contributed by atoms with Crippen LogP contribution in [0.5, 0.6) is 17.2 Å². The first-order chi connectivity index (χ1) is 15.0. The molecule has 162 valence electrons. The van der Waals surface area contributed by atoms with Crippen molar-refractivity contribution < 1.29 is 33.1 Å². The molecular formula is C22H22N2O7. The number of benzene rings is 2. The van der Waals surface area contributed by atoms with Crippen LogP contribution in [-0.2, 0) is 16.1 Å². The average Bonchev–Trinajstić information content (AvgIpc) is 3.21. The molecule has 0 atom stereocenters. The summed E-state index contributed by atoms with van der Waals surface area (Å²) in [5.41, 5.74) is 1.49. The summed E-state index contributed by atoms with van der Waals surface area (Å²) in [5.74, 6) is 0.635. The fourth-order valence-corrected chi connectivity index (χ4v) is 2.70. The van der Waals surface area contributed by atoms with Gasteiger partial charge in [-0.3, -0.25) is 4.79 Å². The van der Waals surface area contributed by atoms with Gasteiger partial charge >= 0.3 is 5.97 Å². The SMILES string of the molecule is COc1ccccc1NC(=O)COc1ccc(C(=O)OCc2cc(C)no2)cc1OC. The number of rotatable bonds is 9. The lowest BCUT2D eigenvalue weighted by atomic mass is 10.2. The van der Waals surface area contributed by atoms with Gasteiger partial charge in [0.25, 0.3) is 5.91 Å². The molecule has 9 heteroatoms. The topological polar surface area (TPSA) is 109 Å². The number of methoxy groups -OCH3 is 2. The van der Waals surface area contributed by atoms with E-state index in [9.17, 15) is 9.59 Å². The van der Waals surface area contributed by atoms with Crippen molar-refractivity contribution in [3.63, 3.8) is 0 Å². The summed E-state index contributed by atoms with van der Waals surface area (Å²) in [7, 11) is 2.95. The third-order valence-corrected chi connectivity index (χ3v) is 4.16. The Kier molecular flexibility index (Phi) is 7.10. The van der Waals surface area contributed by atoms with Crippen LogP contribution in [0.2, 0.25) is 0 Å². The second-order valence-electron chi connectivity index (χ2n) is 6.41. The number of nitrogens with zero attached hydrogens (tertiary/aromatic N) is 1. The summed E-state index contributed by atoms with van der Waals surface area (Å²) < 4.78 is 26.2. The van der Waals surface area contributed by atoms with E-state index in [1.165, 1.54) is 32.4 Å². The lowest BCUT2D eigenvalue weighted by Crippen LogP contribution is -2.20. The van der Waals surface area contributed by atoms with E-state index in [1.807, 2.05) is 0 Å². The van der Waals surface area contributed by atoms with E-state index < -0.39 is 5.97 Å². The van der Waals surface area contributed by atoms with E-state index in [2.05, 4.69) is 10.5 Å². The maximum atomic E-state index is 12.3. The highest BCUT2D eigenvalue weighted by molar-refractivity contribution is 5.93. The van der Waals surface area contributed by atoms with E-state index >= 15 is 0 Å². The van der Waals surface area contributed by atoms with Gasteiger partial charge in [-0.15, -0.1) is 0 Å². The number of aryl methyl sites for hydroxylation is 1. The molecule has 2 aromatic carbocycles. The van der Waals surface area contributed by atoms with Gasteiger partial charge in [-0.1, -0.05) is 17.3 Å². The van der Waals surface area contributed by atoms with Gasteiger partial charge in [-0.05, 0) is 37.3 Å². The third kappa shape index (κ3) is 5.75. The summed E-state index contributed by atoms with van der Waals surface area (Å²) in [6.45, 7) is 1.47. The fourth-order valence-electron chi connectivity index (χ4n) is 2.70. The molecule has 0 unspecified atom stereocenters. The summed E-state index contributed by atoms with van der Waals surface area (Å²) >= 11 is 0. The molecule has 0 aliphatic carbocycles. The van der Waals surface area contributed by atoms with Crippen LogP contribution in [-0.4, -0.2) is 37.9 Å². The maximum absolute atomic E-state index is 12.3. The number of aromatic nitrogens is 1. The van der Waals surface area contributed by atoms with Gasteiger partial charge in [0.2, 0.25) is 0 Å². The molecular weight excluding hydrogens is 404 g/mol. The van der Waals surface area contributed by atoms with Crippen molar-refractivity contribution in [2.24, 2.45) is 0 Å². The third-order valence-electron chi connectivity index (χ3n) is 4.16. The molecule has 0 radical (unpaired) electrons. The quantitative estimate of drug-likeness (QED) is 0.519. The molecule has 3 aromatic rings. The van der Waals surface area contributed by atoms with Crippen LogP contribution < -0.4 is 19.5 Å². The molecule has 0 bridgehead atoms. The van der Waals surface area contributed by atoms with Crippen LogP contribution in [0.4, 0.5) is 5.69 Å². The molecule has 9 nitrogen and oxygen atoms in total. The number of carbonyl (C=O) groups is 2.